The molecular formula is C21H34N4O2. The Labute approximate surface area is 162 Å². The zero-order chi connectivity index (χ0) is 18.9. The second kappa shape index (κ2) is 7.90. The van der Waals surface area contributed by atoms with Crippen LogP contribution in [0.3, 0.4) is 0 Å². The number of aromatic nitrogens is 3. The molecule has 1 atom stereocenters. The first-order valence-corrected chi connectivity index (χ1v) is 10.8. The van der Waals surface area contributed by atoms with Crippen molar-refractivity contribution in [2.45, 2.75) is 71.3 Å². The third kappa shape index (κ3) is 3.78. The standard InChI is InChI=1S/C21H34N4O2/c1-16(2)12-25-15-22-23-19(25)18-13-24(14-21(18)8-4-3-5-9-21)20(26)17-6-10-27-11-7-17/h15-18H,3-14H2,1-2H3. The maximum absolute atomic E-state index is 13.2. The minimum absolute atomic E-state index is 0.145. The lowest BCUT2D eigenvalue weighted by molar-refractivity contribution is -0.138. The van der Waals surface area contributed by atoms with E-state index < -0.39 is 0 Å². The summed E-state index contributed by atoms with van der Waals surface area (Å²) >= 11 is 0. The summed E-state index contributed by atoms with van der Waals surface area (Å²) < 4.78 is 7.71. The number of amides is 1. The van der Waals surface area contributed by atoms with E-state index in [-0.39, 0.29) is 11.3 Å². The number of carbonyl (C=O) groups excluding carboxylic acids is 1. The molecular weight excluding hydrogens is 340 g/mol. The average molecular weight is 375 g/mol. The average Bonchev–Trinajstić information content (AvgIpc) is 3.26. The van der Waals surface area contributed by atoms with Gasteiger partial charge in [0.05, 0.1) is 0 Å². The monoisotopic (exact) mass is 374 g/mol. The summed E-state index contributed by atoms with van der Waals surface area (Å²) in [5.41, 5.74) is 0.195. The van der Waals surface area contributed by atoms with Crippen molar-refractivity contribution >= 4 is 5.91 Å². The van der Waals surface area contributed by atoms with E-state index in [4.69, 9.17) is 4.74 Å². The Morgan fingerprint density at radius 2 is 2.00 bits per heavy atom. The Bertz CT molecular complexity index is 644. The van der Waals surface area contributed by atoms with Crippen LogP contribution in [0.2, 0.25) is 0 Å². The zero-order valence-corrected chi connectivity index (χ0v) is 16.9. The Morgan fingerprint density at radius 1 is 1.26 bits per heavy atom. The molecule has 1 aliphatic carbocycles. The van der Waals surface area contributed by atoms with Crippen molar-refractivity contribution in [3.05, 3.63) is 12.2 Å². The number of hydrogen-bond acceptors (Lipinski definition) is 4. The van der Waals surface area contributed by atoms with Gasteiger partial charge in [-0.1, -0.05) is 33.1 Å². The van der Waals surface area contributed by atoms with Gasteiger partial charge in [0, 0.05) is 44.7 Å². The molecule has 1 unspecified atom stereocenters. The number of carbonyl (C=O) groups is 1. The van der Waals surface area contributed by atoms with Gasteiger partial charge in [-0.15, -0.1) is 10.2 Å². The summed E-state index contributed by atoms with van der Waals surface area (Å²) in [6, 6.07) is 0. The van der Waals surface area contributed by atoms with Crippen LogP contribution in [0.15, 0.2) is 6.33 Å². The van der Waals surface area contributed by atoms with Gasteiger partial charge in [0.25, 0.3) is 0 Å². The summed E-state index contributed by atoms with van der Waals surface area (Å²) in [5.74, 6) is 2.48. The first-order chi connectivity index (χ1) is 13.1. The zero-order valence-electron chi connectivity index (χ0n) is 16.9. The van der Waals surface area contributed by atoms with E-state index in [1.54, 1.807) is 0 Å². The lowest BCUT2D eigenvalue weighted by Gasteiger charge is -2.38. The smallest absolute Gasteiger partial charge is 0.225 e. The van der Waals surface area contributed by atoms with E-state index in [0.29, 0.717) is 17.7 Å². The molecule has 0 N–H and O–H groups in total. The fourth-order valence-electron chi connectivity index (χ4n) is 5.53. The largest absolute Gasteiger partial charge is 0.381 e. The summed E-state index contributed by atoms with van der Waals surface area (Å²) in [6.45, 7) is 8.58. The van der Waals surface area contributed by atoms with Crippen molar-refractivity contribution in [3.63, 3.8) is 0 Å². The van der Waals surface area contributed by atoms with Crippen molar-refractivity contribution < 1.29 is 9.53 Å². The van der Waals surface area contributed by atoms with Crippen LogP contribution in [-0.2, 0) is 16.1 Å². The highest BCUT2D eigenvalue weighted by Crippen LogP contribution is 2.52. The number of rotatable bonds is 4. The number of nitrogens with zero attached hydrogens (tertiary/aromatic N) is 4. The van der Waals surface area contributed by atoms with Crippen LogP contribution in [0.5, 0.6) is 0 Å². The summed E-state index contributed by atoms with van der Waals surface area (Å²) in [6.07, 6.45) is 9.92. The van der Waals surface area contributed by atoms with Crippen LogP contribution >= 0.6 is 0 Å². The van der Waals surface area contributed by atoms with E-state index in [0.717, 1.165) is 51.5 Å². The summed E-state index contributed by atoms with van der Waals surface area (Å²) in [4.78, 5) is 15.4. The molecule has 27 heavy (non-hydrogen) atoms. The molecule has 0 radical (unpaired) electrons. The number of ether oxygens (including phenoxy) is 1. The number of likely N-dealkylation sites (tertiary alicyclic amines) is 1. The minimum Gasteiger partial charge on any atom is -0.381 e. The second-order valence-electron chi connectivity index (χ2n) is 9.32. The predicted molar refractivity (Wildman–Crippen MR) is 103 cm³/mol. The molecule has 150 valence electrons. The Kier molecular flexibility index (Phi) is 5.53. The van der Waals surface area contributed by atoms with Gasteiger partial charge in [-0.25, -0.2) is 0 Å². The lowest BCUT2D eigenvalue weighted by Crippen LogP contribution is -2.39. The highest BCUT2D eigenvalue weighted by molar-refractivity contribution is 5.79. The van der Waals surface area contributed by atoms with Gasteiger partial charge in [-0.05, 0) is 37.0 Å². The maximum atomic E-state index is 13.2. The normalized spacial score (nSPS) is 26.2. The quantitative estimate of drug-likeness (QED) is 0.812. The molecule has 3 heterocycles. The van der Waals surface area contributed by atoms with Gasteiger partial charge in [-0.3, -0.25) is 4.79 Å². The molecule has 4 rings (SSSR count). The molecule has 1 spiro atoms. The van der Waals surface area contributed by atoms with E-state index in [9.17, 15) is 4.79 Å². The molecule has 1 saturated carbocycles. The first kappa shape index (κ1) is 18.9. The van der Waals surface area contributed by atoms with Crippen molar-refractivity contribution in [2.75, 3.05) is 26.3 Å². The van der Waals surface area contributed by atoms with E-state index in [2.05, 4.69) is 33.5 Å². The molecule has 6 nitrogen and oxygen atoms in total. The summed E-state index contributed by atoms with van der Waals surface area (Å²) in [5, 5.41) is 8.81. The molecule has 6 heteroatoms. The molecule has 2 saturated heterocycles. The molecule has 2 aliphatic heterocycles. The SMILES string of the molecule is CC(C)Cn1cnnc1C1CN(C(=O)C2CCOCC2)CC12CCCCC2. The Balaban J connectivity index is 1.59. The van der Waals surface area contributed by atoms with Crippen LogP contribution in [0.25, 0.3) is 0 Å². The molecule has 1 amide bonds. The van der Waals surface area contributed by atoms with Crippen LogP contribution in [0.4, 0.5) is 0 Å². The number of hydrogen-bond donors (Lipinski definition) is 0. The molecule has 3 fully saturated rings. The molecule has 1 aromatic rings. The third-order valence-electron chi connectivity index (χ3n) is 6.90. The van der Waals surface area contributed by atoms with Crippen molar-refractivity contribution in [1.82, 2.24) is 19.7 Å². The molecule has 0 bridgehead atoms. The minimum atomic E-state index is 0.145. The van der Waals surface area contributed by atoms with Crippen molar-refractivity contribution in [3.8, 4) is 0 Å². The van der Waals surface area contributed by atoms with Gasteiger partial charge in [-0.2, -0.15) is 0 Å². The molecule has 0 aromatic carbocycles. The molecule has 1 aromatic heterocycles. The lowest BCUT2D eigenvalue weighted by atomic mass is 9.67. The van der Waals surface area contributed by atoms with Gasteiger partial charge >= 0.3 is 0 Å². The first-order valence-electron chi connectivity index (χ1n) is 10.8. The Hall–Kier alpha value is -1.43. The van der Waals surface area contributed by atoms with E-state index in [1.807, 2.05) is 6.33 Å². The van der Waals surface area contributed by atoms with Crippen LogP contribution < -0.4 is 0 Å². The third-order valence-corrected chi connectivity index (χ3v) is 6.90. The maximum Gasteiger partial charge on any atom is 0.225 e. The van der Waals surface area contributed by atoms with Crippen LogP contribution in [0, 0.1) is 17.3 Å². The predicted octanol–water partition coefficient (Wildman–Crippen LogP) is 3.24. The fraction of sp³-hybridized carbons (Fsp3) is 0.857. The van der Waals surface area contributed by atoms with Crippen LogP contribution in [0.1, 0.15) is 70.5 Å². The second-order valence-corrected chi connectivity index (χ2v) is 9.32. The van der Waals surface area contributed by atoms with Gasteiger partial charge in [0.1, 0.15) is 12.2 Å². The van der Waals surface area contributed by atoms with Gasteiger partial charge in [0.15, 0.2) is 0 Å². The fourth-order valence-corrected chi connectivity index (χ4v) is 5.53. The van der Waals surface area contributed by atoms with Gasteiger partial charge < -0.3 is 14.2 Å². The summed E-state index contributed by atoms with van der Waals surface area (Å²) in [7, 11) is 0. The highest BCUT2D eigenvalue weighted by Gasteiger charge is 2.51. The molecule has 3 aliphatic rings. The van der Waals surface area contributed by atoms with E-state index >= 15 is 0 Å². The van der Waals surface area contributed by atoms with Crippen molar-refractivity contribution in [2.24, 2.45) is 17.3 Å². The Morgan fingerprint density at radius 3 is 2.70 bits per heavy atom. The highest BCUT2D eigenvalue weighted by atomic mass is 16.5. The van der Waals surface area contributed by atoms with Crippen LogP contribution in [-0.4, -0.2) is 51.9 Å². The van der Waals surface area contributed by atoms with Crippen molar-refractivity contribution in [1.29, 1.82) is 0 Å². The van der Waals surface area contributed by atoms with Gasteiger partial charge in [0.2, 0.25) is 5.91 Å². The topological polar surface area (TPSA) is 60.2 Å². The van der Waals surface area contributed by atoms with E-state index in [1.165, 1.54) is 32.1 Å².